The van der Waals surface area contributed by atoms with Gasteiger partial charge in [-0.05, 0) is 30.4 Å². The molecule has 1 amide bonds. The van der Waals surface area contributed by atoms with Crippen molar-refractivity contribution in [2.45, 2.75) is 6.42 Å². The molecule has 3 rings (SSSR count). The average Bonchev–Trinajstić information content (AvgIpc) is 3.06. The molecular formula is C15H16N2O3. The van der Waals surface area contributed by atoms with Crippen LogP contribution in [0, 0.1) is 23.7 Å². The Labute approximate surface area is 116 Å². The molecule has 0 aromatic heterocycles. The summed E-state index contributed by atoms with van der Waals surface area (Å²) < 4.78 is 0. The van der Waals surface area contributed by atoms with Crippen LogP contribution in [0.1, 0.15) is 6.42 Å². The Bertz CT molecular complexity index is 555. The second-order valence-corrected chi connectivity index (χ2v) is 5.32. The van der Waals surface area contributed by atoms with E-state index in [4.69, 9.17) is 0 Å². The lowest BCUT2D eigenvalue weighted by molar-refractivity contribution is -0.147. The van der Waals surface area contributed by atoms with Gasteiger partial charge >= 0.3 is 5.97 Å². The maximum Gasteiger partial charge on any atom is 0.307 e. The van der Waals surface area contributed by atoms with Gasteiger partial charge in [0.05, 0.1) is 17.5 Å². The lowest BCUT2D eigenvalue weighted by atomic mass is 9.82. The number of carboxylic acid groups (broad SMARTS) is 1. The first-order valence-electron chi connectivity index (χ1n) is 6.69. The molecule has 2 aliphatic carbocycles. The molecule has 5 nitrogen and oxygen atoms in total. The number of carboxylic acids is 1. The van der Waals surface area contributed by atoms with Crippen molar-refractivity contribution in [3.63, 3.8) is 0 Å². The molecule has 4 atom stereocenters. The summed E-state index contributed by atoms with van der Waals surface area (Å²) in [6.45, 7) is 0. The first kappa shape index (κ1) is 12.7. The highest BCUT2D eigenvalue weighted by molar-refractivity contribution is 5.87. The predicted molar refractivity (Wildman–Crippen MR) is 73.6 cm³/mol. The van der Waals surface area contributed by atoms with E-state index in [9.17, 15) is 14.7 Å². The molecule has 3 N–H and O–H groups in total. The highest BCUT2D eigenvalue weighted by Crippen LogP contribution is 2.48. The molecule has 20 heavy (non-hydrogen) atoms. The van der Waals surface area contributed by atoms with Gasteiger partial charge in [0.15, 0.2) is 0 Å². The zero-order valence-corrected chi connectivity index (χ0v) is 10.8. The second-order valence-electron chi connectivity index (χ2n) is 5.32. The van der Waals surface area contributed by atoms with E-state index in [2.05, 4.69) is 10.9 Å². The molecule has 2 bridgehead atoms. The Kier molecular flexibility index (Phi) is 3.18. The number of carbonyl (C=O) groups excluding carboxylic acids is 1. The topological polar surface area (TPSA) is 78.4 Å². The summed E-state index contributed by atoms with van der Waals surface area (Å²) in [5.74, 6) is -2.20. The van der Waals surface area contributed by atoms with E-state index in [1.165, 1.54) is 0 Å². The van der Waals surface area contributed by atoms with Gasteiger partial charge in [-0.25, -0.2) is 0 Å². The van der Waals surface area contributed by atoms with E-state index in [0.29, 0.717) is 0 Å². The summed E-state index contributed by atoms with van der Waals surface area (Å²) in [6.07, 6.45) is 4.66. The van der Waals surface area contributed by atoms with Crippen LogP contribution in [-0.2, 0) is 9.59 Å². The highest BCUT2D eigenvalue weighted by atomic mass is 16.4. The molecule has 0 heterocycles. The second kappa shape index (κ2) is 5.00. The fraction of sp³-hybridized carbons (Fsp3) is 0.333. The molecule has 1 aromatic rings. The molecule has 2 aliphatic rings. The number of anilines is 1. The molecule has 104 valence electrons. The van der Waals surface area contributed by atoms with E-state index in [1.807, 2.05) is 42.5 Å². The van der Waals surface area contributed by atoms with Crippen molar-refractivity contribution in [1.29, 1.82) is 0 Å². The SMILES string of the molecule is O=C(O)C1C2C=CC(C2)C1C(=O)NNc1ccccc1. The number of nitrogens with one attached hydrogen (secondary N) is 2. The summed E-state index contributed by atoms with van der Waals surface area (Å²) in [6, 6.07) is 9.25. The maximum absolute atomic E-state index is 12.3. The number of allylic oxidation sites excluding steroid dienone is 2. The summed E-state index contributed by atoms with van der Waals surface area (Å²) in [5.41, 5.74) is 6.22. The van der Waals surface area contributed by atoms with Crippen molar-refractivity contribution < 1.29 is 14.7 Å². The summed E-state index contributed by atoms with van der Waals surface area (Å²) >= 11 is 0. The van der Waals surface area contributed by atoms with Crippen LogP contribution in [0.5, 0.6) is 0 Å². The minimum atomic E-state index is -0.887. The standard InChI is InChI=1S/C15H16N2O3/c18-14(17-16-11-4-2-1-3-5-11)12-9-6-7-10(8-9)13(12)15(19)20/h1-7,9-10,12-13,16H,8H2,(H,17,18)(H,19,20). The molecule has 1 saturated carbocycles. The Balaban J connectivity index is 1.68. The first-order chi connectivity index (χ1) is 9.66. The Morgan fingerprint density at radius 3 is 2.35 bits per heavy atom. The summed E-state index contributed by atoms with van der Waals surface area (Å²) in [5, 5.41) is 9.31. The maximum atomic E-state index is 12.3. The zero-order valence-electron chi connectivity index (χ0n) is 10.8. The number of benzene rings is 1. The van der Waals surface area contributed by atoms with E-state index >= 15 is 0 Å². The number of fused-ring (bicyclic) bond motifs is 2. The van der Waals surface area contributed by atoms with Crippen molar-refractivity contribution in [3.05, 3.63) is 42.5 Å². The molecule has 0 radical (unpaired) electrons. The van der Waals surface area contributed by atoms with Gasteiger partial charge in [0, 0.05) is 0 Å². The smallest absolute Gasteiger partial charge is 0.307 e. The lowest BCUT2D eigenvalue weighted by Gasteiger charge is -2.24. The molecule has 0 saturated heterocycles. The largest absolute Gasteiger partial charge is 0.481 e. The normalized spacial score (nSPS) is 30.2. The van der Waals surface area contributed by atoms with E-state index in [1.54, 1.807) is 0 Å². The van der Waals surface area contributed by atoms with Crippen LogP contribution in [0.3, 0.4) is 0 Å². The van der Waals surface area contributed by atoms with Crippen molar-refractivity contribution in [2.75, 3.05) is 5.43 Å². The minimum Gasteiger partial charge on any atom is -0.481 e. The number of aliphatic carboxylic acids is 1. The number of amides is 1. The van der Waals surface area contributed by atoms with Crippen LogP contribution >= 0.6 is 0 Å². The van der Waals surface area contributed by atoms with Gasteiger partial charge in [0.2, 0.25) is 5.91 Å². The van der Waals surface area contributed by atoms with Crippen LogP contribution in [0.15, 0.2) is 42.5 Å². The van der Waals surface area contributed by atoms with Gasteiger partial charge in [-0.1, -0.05) is 30.4 Å². The Morgan fingerprint density at radius 2 is 1.70 bits per heavy atom. The molecule has 1 aromatic carbocycles. The third-order valence-electron chi connectivity index (χ3n) is 4.15. The van der Waals surface area contributed by atoms with Gasteiger partial charge in [-0.2, -0.15) is 0 Å². The van der Waals surface area contributed by atoms with Gasteiger partial charge in [-0.15, -0.1) is 0 Å². The van der Waals surface area contributed by atoms with Crippen molar-refractivity contribution in [1.82, 2.24) is 5.43 Å². The van der Waals surface area contributed by atoms with Crippen LogP contribution in [0.2, 0.25) is 0 Å². The molecule has 4 unspecified atom stereocenters. The highest BCUT2D eigenvalue weighted by Gasteiger charge is 2.51. The summed E-state index contributed by atoms with van der Waals surface area (Å²) in [7, 11) is 0. The predicted octanol–water partition coefficient (Wildman–Crippen LogP) is 1.65. The number of hydrogen-bond donors (Lipinski definition) is 3. The quantitative estimate of drug-likeness (QED) is 0.575. The third kappa shape index (κ3) is 2.15. The fourth-order valence-electron chi connectivity index (χ4n) is 3.25. The Hall–Kier alpha value is -2.30. The number of rotatable bonds is 4. The lowest BCUT2D eigenvalue weighted by Crippen LogP contribution is -2.42. The van der Waals surface area contributed by atoms with Crippen LogP contribution in [0.4, 0.5) is 5.69 Å². The van der Waals surface area contributed by atoms with E-state index in [0.717, 1.165) is 12.1 Å². The van der Waals surface area contributed by atoms with Gasteiger partial charge in [-0.3, -0.25) is 20.4 Å². The van der Waals surface area contributed by atoms with E-state index < -0.39 is 17.8 Å². The van der Waals surface area contributed by atoms with Crippen molar-refractivity contribution in [3.8, 4) is 0 Å². The van der Waals surface area contributed by atoms with Crippen LogP contribution < -0.4 is 10.9 Å². The number of carbonyl (C=O) groups is 2. The average molecular weight is 272 g/mol. The van der Waals surface area contributed by atoms with Crippen molar-refractivity contribution in [2.24, 2.45) is 23.7 Å². The van der Waals surface area contributed by atoms with Crippen LogP contribution in [0.25, 0.3) is 0 Å². The molecule has 1 fully saturated rings. The summed E-state index contributed by atoms with van der Waals surface area (Å²) in [4.78, 5) is 23.6. The monoisotopic (exact) mass is 272 g/mol. The first-order valence-corrected chi connectivity index (χ1v) is 6.69. The van der Waals surface area contributed by atoms with Gasteiger partial charge < -0.3 is 5.11 Å². The molecule has 0 aliphatic heterocycles. The molecular weight excluding hydrogens is 256 g/mol. The zero-order chi connectivity index (χ0) is 14.1. The number of hydrogen-bond acceptors (Lipinski definition) is 3. The van der Waals surface area contributed by atoms with Gasteiger partial charge in [0.25, 0.3) is 0 Å². The van der Waals surface area contributed by atoms with E-state index in [-0.39, 0.29) is 17.7 Å². The van der Waals surface area contributed by atoms with Crippen LogP contribution in [-0.4, -0.2) is 17.0 Å². The van der Waals surface area contributed by atoms with Gasteiger partial charge in [0.1, 0.15) is 0 Å². The molecule has 5 heteroatoms. The number of para-hydroxylation sites is 1. The number of hydrazine groups is 1. The fourth-order valence-corrected chi connectivity index (χ4v) is 3.25. The minimum absolute atomic E-state index is 0.00928. The molecule has 0 spiro atoms. The Morgan fingerprint density at radius 1 is 1.05 bits per heavy atom. The third-order valence-corrected chi connectivity index (χ3v) is 4.15. The van der Waals surface area contributed by atoms with Crippen molar-refractivity contribution >= 4 is 17.6 Å².